The molecule has 1 unspecified atom stereocenters. The van der Waals surface area contributed by atoms with E-state index in [2.05, 4.69) is 0 Å². The van der Waals surface area contributed by atoms with Gasteiger partial charge in [-0.15, -0.1) is 0 Å². The van der Waals surface area contributed by atoms with E-state index in [1.165, 1.54) is 29.2 Å². The van der Waals surface area contributed by atoms with Gasteiger partial charge in [0.05, 0.1) is 12.6 Å². The number of ketones is 1. The molecule has 1 heterocycles. The van der Waals surface area contributed by atoms with Crippen molar-refractivity contribution in [3.8, 4) is 0 Å². The zero-order chi connectivity index (χ0) is 23.3. The number of amides is 1. The van der Waals surface area contributed by atoms with Crippen LogP contribution in [0.5, 0.6) is 0 Å². The van der Waals surface area contributed by atoms with Crippen molar-refractivity contribution in [2.24, 2.45) is 0 Å². The number of Topliss-reactive ketones (excluding diaryl/α,β-unsaturated/α-hetero) is 1. The molecule has 0 saturated heterocycles. The predicted molar refractivity (Wildman–Crippen MR) is 117 cm³/mol. The fourth-order valence-electron chi connectivity index (χ4n) is 3.94. The van der Waals surface area contributed by atoms with Crippen molar-refractivity contribution in [1.82, 2.24) is 9.47 Å². The number of benzene rings is 1. The van der Waals surface area contributed by atoms with Gasteiger partial charge < -0.3 is 14.2 Å². The molecule has 31 heavy (non-hydrogen) atoms. The van der Waals surface area contributed by atoms with Crippen LogP contribution in [0.1, 0.15) is 76.6 Å². The summed E-state index contributed by atoms with van der Waals surface area (Å²) in [5, 5.41) is 0. The Morgan fingerprint density at radius 3 is 2.23 bits per heavy atom. The van der Waals surface area contributed by atoms with Crippen LogP contribution in [0.3, 0.4) is 0 Å². The molecule has 0 aliphatic carbocycles. The average Bonchev–Trinajstić information content (AvgIpc) is 3.00. The molecule has 1 aromatic carbocycles. The molecule has 0 radical (unpaired) electrons. The van der Waals surface area contributed by atoms with Gasteiger partial charge in [0.15, 0.2) is 5.78 Å². The smallest absolute Gasteiger partial charge is 0.355 e. The first-order valence-electron chi connectivity index (χ1n) is 10.7. The predicted octanol–water partition coefficient (Wildman–Crippen LogP) is 4.56. The zero-order valence-electron chi connectivity index (χ0n) is 19.1. The van der Waals surface area contributed by atoms with Crippen molar-refractivity contribution in [2.45, 2.75) is 60.5 Å². The highest BCUT2D eigenvalue weighted by molar-refractivity contribution is 6.07. The fraction of sp³-hybridized carbons (Fsp3) is 0.458. The molecule has 0 bridgehead atoms. The van der Waals surface area contributed by atoms with E-state index in [0.717, 1.165) is 0 Å². The van der Waals surface area contributed by atoms with Gasteiger partial charge in [0.1, 0.15) is 11.5 Å². The first-order chi connectivity index (χ1) is 14.7. The molecule has 0 saturated carbocycles. The Balaban J connectivity index is 2.47. The van der Waals surface area contributed by atoms with E-state index in [9.17, 15) is 18.8 Å². The normalized spacial score (nSPS) is 11.8. The number of carbonyl (C=O) groups excluding carboxylic acids is 3. The number of hydrogen-bond donors (Lipinski definition) is 0. The van der Waals surface area contributed by atoms with Crippen molar-refractivity contribution < 1.29 is 23.5 Å². The number of nitrogens with zero attached hydrogens (tertiary/aromatic N) is 2. The lowest BCUT2D eigenvalue weighted by Gasteiger charge is -2.28. The first-order valence-corrected chi connectivity index (χ1v) is 10.7. The van der Waals surface area contributed by atoms with E-state index in [-0.39, 0.29) is 18.3 Å². The summed E-state index contributed by atoms with van der Waals surface area (Å²) in [5.74, 6) is -1.47. The molecule has 168 valence electrons. The Hall–Kier alpha value is -2.96. The minimum atomic E-state index is -0.752. The molecule has 1 aromatic heterocycles. The van der Waals surface area contributed by atoms with Crippen LogP contribution in [-0.2, 0) is 11.3 Å². The van der Waals surface area contributed by atoms with Crippen LogP contribution >= 0.6 is 0 Å². The van der Waals surface area contributed by atoms with E-state index < -0.39 is 17.8 Å². The number of halogens is 1. The Kier molecular flexibility index (Phi) is 8.14. The second-order valence-corrected chi connectivity index (χ2v) is 7.44. The first kappa shape index (κ1) is 24.3. The molecule has 0 spiro atoms. The van der Waals surface area contributed by atoms with Gasteiger partial charge in [0.25, 0.3) is 5.91 Å². The molecule has 0 fully saturated rings. The number of esters is 1. The van der Waals surface area contributed by atoms with E-state index in [1.807, 2.05) is 13.8 Å². The Morgan fingerprint density at radius 1 is 1.10 bits per heavy atom. The van der Waals surface area contributed by atoms with Crippen molar-refractivity contribution in [3.63, 3.8) is 0 Å². The van der Waals surface area contributed by atoms with Gasteiger partial charge >= 0.3 is 5.97 Å². The van der Waals surface area contributed by atoms with E-state index >= 15 is 0 Å². The average molecular weight is 431 g/mol. The van der Waals surface area contributed by atoms with Crippen LogP contribution in [0.4, 0.5) is 4.39 Å². The highest BCUT2D eigenvalue weighted by Crippen LogP contribution is 2.26. The van der Waals surface area contributed by atoms with Crippen molar-refractivity contribution in [3.05, 3.63) is 58.2 Å². The van der Waals surface area contributed by atoms with Gasteiger partial charge in [-0.2, -0.15) is 0 Å². The summed E-state index contributed by atoms with van der Waals surface area (Å²) in [4.78, 5) is 40.6. The molecule has 0 N–H and O–H groups in total. The van der Waals surface area contributed by atoms with Gasteiger partial charge in [-0.3, -0.25) is 9.59 Å². The minimum Gasteiger partial charge on any atom is -0.461 e. The number of hydrogen-bond acceptors (Lipinski definition) is 4. The Bertz CT molecular complexity index is 963. The molecule has 2 rings (SSSR count). The molecule has 6 nitrogen and oxygen atoms in total. The lowest BCUT2D eigenvalue weighted by molar-refractivity contribution is 0.0512. The lowest BCUT2D eigenvalue weighted by Crippen LogP contribution is -2.44. The summed E-state index contributed by atoms with van der Waals surface area (Å²) < 4.78 is 20.2. The van der Waals surface area contributed by atoms with Gasteiger partial charge in [0, 0.05) is 29.9 Å². The Morgan fingerprint density at radius 2 is 1.71 bits per heavy atom. The van der Waals surface area contributed by atoms with Crippen LogP contribution < -0.4 is 0 Å². The van der Waals surface area contributed by atoms with Crippen LogP contribution in [0.25, 0.3) is 0 Å². The maximum atomic E-state index is 13.5. The monoisotopic (exact) mass is 430 g/mol. The summed E-state index contributed by atoms with van der Waals surface area (Å²) in [6.07, 6.45) is 0.659. The number of carbonyl (C=O) groups is 3. The summed E-state index contributed by atoms with van der Waals surface area (Å²) in [6.45, 7) is 11.9. The van der Waals surface area contributed by atoms with Crippen LogP contribution in [0.15, 0.2) is 24.3 Å². The van der Waals surface area contributed by atoms with Crippen LogP contribution in [-0.4, -0.2) is 46.3 Å². The van der Waals surface area contributed by atoms with Crippen molar-refractivity contribution >= 4 is 17.7 Å². The molecule has 1 amide bonds. The highest BCUT2D eigenvalue weighted by atomic mass is 19.1. The molecule has 0 aliphatic rings. The van der Waals surface area contributed by atoms with Crippen LogP contribution in [0.2, 0.25) is 0 Å². The van der Waals surface area contributed by atoms with E-state index in [0.29, 0.717) is 47.6 Å². The fourth-order valence-corrected chi connectivity index (χ4v) is 3.94. The molecule has 0 aliphatic heterocycles. The lowest BCUT2D eigenvalue weighted by atomic mass is 9.99. The van der Waals surface area contributed by atoms with Gasteiger partial charge in [-0.25, -0.2) is 9.18 Å². The number of rotatable bonds is 9. The van der Waals surface area contributed by atoms with Gasteiger partial charge in [-0.05, 0) is 70.9 Å². The number of ether oxygens (including phenoxy) is 1. The van der Waals surface area contributed by atoms with E-state index in [4.69, 9.17) is 4.74 Å². The SMILES string of the molecule is CCCN(C(=O)c1ccc(F)cc1)C(C)C(=O)c1c(C)c(C(=O)OCC)n(CC)c1C. The molecular formula is C24H31FN2O4. The molecular weight excluding hydrogens is 399 g/mol. The second-order valence-electron chi connectivity index (χ2n) is 7.44. The van der Waals surface area contributed by atoms with Crippen LogP contribution in [0, 0.1) is 19.7 Å². The second kappa shape index (κ2) is 10.4. The third kappa shape index (κ3) is 4.86. The highest BCUT2D eigenvalue weighted by Gasteiger charge is 2.33. The number of aromatic nitrogens is 1. The topological polar surface area (TPSA) is 68.6 Å². The largest absolute Gasteiger partial charge is 0.461 e. The third-order valence-corrected chi connectivity index (χ3v) is 5.46. The quantitative estimate of drug-likeness (QED) is 0.432. The van der Waals surface area contributed by atoms with E-state index in [1.54, 1.807) is 32.3 Å². The van der Waals surface area contributed by atoms with Crippen molar-refractivity contribution in [2.75, 3.05) is 13.2 Å². The standard InChI is InChI=1S/C24H31FN2O4/c1-7-14-27(23(29)18-10-12-19(25)13-11-18)17(6)22(28)20-15(4)21(24(30)31-9-3)26(8-2)16(20)5/h10-13,17H,7-9,14H2,1-6H3. The summed E-state index contributed by atoms with van der Waals surface area (Å²) in [7, 11) is 0. The summed E-state index contributed by atoms with van der Waals surface area (Å²) in [6, 6.07) is 4.54. The zero-order valence-corrected chi connectivity index (χ0v) is 19.1. The van der Waals surface area contributed by atoms with Gasteiger partial charge in [0.2, 0.25) is 0 Å². The minimum absolute atomic E-state index is 0.238. The maximum Gasteiger partial charge on any atom is 0.355 e. The van der Waals surface area contributed by atoms with Gasteiger partial charge in [-0.1, -0.05) is 6.92 Å². The molecule has 1 atom stereocenters. The maximum absolute atomic E-state index is 13.5. The van der Waals surface area contributed by atoms with Crippen molar-refractivity contribution in [1.29, 1.82) is 0 Å². The summed E-state index contributed by atoms with van der Waals surface area (Å²) in [5.41, 5.74) is 2.35. The summed E-state index contributed by atoms with van der Waals surface area (Å²) >= 11 is 0. The third-order valence-electron chi connectivity index (χ3n) is 5.46. The molecule has 7 heteroatoms. The Labute approximate surface area is 183 Å². The molecule has 2 aromatic rings.